The van der Waals surface area contributed by atoms with Gasteiger partial charge in [0.05, 0.1) is 5.92 Å². The monoisotopic (exact) mass is 210 g/mol. The molecule has 1 aliphatic carbocycles. The molecular weight excluding hydrogens is 188 g/mol. The van der Waals surface area contributed by atoms with Crippen molar-refractivity contribution in [2.75, 3.05) is 6.54 Å². The molecule has 0 spiro atoms. The summed E-state index contributed by atoms with van der Waals surface area (Å²) >= 11 is 0. The van der Waals surface area contributed by atoms with E-state index in [-0.39, 0.29) is 11.8 Å². The van der Waals surface area contributed by atoms with Crippen LogP contribution in [-0.2, 0) is 4.79 Å². The van der Waals surface area contributed by atoms with Crippen molar-refractivity contribution in [3.8, 4) is 0 Å². The molecule has 2 aliphatic rings. The SMILES string of the molecule is CC1CCC(NC(=O)C2CCNC2C)C1. The van der Waals surface area contributed by atoms with Gasteiger partial charge in [0.2, 0.25) is 5.91 Å². The van der Waals surface area contributed by atoms with Crippen LogP contribution >= 0.6 is 0 Å². The molecule has 0 radical (unpaired) electrons. The summed E-state index contributed by atoms with van der Waals surface area (Å²) in [6.45, 7) is 5.36. The maximum absolute atomic E-state index is 12.0. The minimum Gasteiger partial charge on any atom is -0.353 e. The zero-order valence-corrected chi connectivity index (χ0v) is 9.75. The van der Waals surface area contributed by atoms with Crippen molar-refractivity contribution in [3.05, 3.63) is 0 Å². The lowest BCUT2D eigenvalue weighted by molar-refractivity contribution is -0.125. The van der Waals surface area contributed by atoms with Gasteiger partial charge in [-0.05, 0) is 45.1 Å². The fourth-order valence-corrected chi connectivity index (χ4v) is 2.86. The van der Waals surface area contributed by atoms with Gasteiger partial charge < -0.3 is 10.6 Å². The highest BCUT2D eigenvalue weighted by atomic mass is 16.2. The van der Waals surface area contributed by atoms with Crippen molar-refractivity contribution >= 4 is 5.91 Å². The van der Waals surface area contributed by atoms with E-state index in [1.165, 1.54) is 19.3 Å². The van der Waals surface area contributed by atoms with Crippen LogP contribution in [0.25, 0.3) is 0 Å². The molecule has 4 unspecified atom stereocenters. The van der Waals surface area contributed by atoms with E-state index in [0.717, 1.165) is 18.9 Å². The van der Waals surface area contributed by atoms with Crippen LogP contribution in [0.1, 0.15) is 39.5 Å². The van der Waals surface area contributed by atoms with Gasteiger partial charge in [0, 0.05) is 12.1 Å². The van der Waals surface area contributed by atoms with Gasteiger partial charge in [0.1, 0.15) is 0 Å². The molecule has 2 fully saturated rings. The van der Waals surface area contributed by atoms with Crippen LogP contribution in [0, 0.1) is 11.8 Å². The summed E-state index contributed by atoms with van der Waals surface area (Å²) in [6.07, 6.45) is 4.60. The van der Waals surface area contributed by atoms with E-state index < -0.39 is 0 Å². The summed E-state index contributed by atoms with van der Waals surface area (Å²) in [5, 5.41) is 6.53. The average molecular weight is 210 g/mol. The van der Waals surface area contributed by atoms with Gasteiger partial charge >= 0.3 is 0 Å². The van der Waals surface area contributed by atoms with Crippen LogP contribution in [0.15, 0.2) is 0 Å². The van der Waals surface area contributed by atoms with Crippen molar-refractivity contribution in [2.45, 2.75) is 51.6 Å². The van der Waals surface area contributed by atoms with E-state index in [1.54, 1.807) is 0 Å². The lowest BCUT2D eigenvalue weighted by atomic mass is 10.0. The van der Waals surface area contributed by atoms with E-state index in [4.69, 9.17) is 0 Å². The van der Waals surface area contributed by atoms with Crippen LogP contribution in [0.4, 0.5) is 0 Å². The minimum absolute atomic E-state index is 0.195. The number of hydrogen-bond acceptors (Lipinski definition) is 2. The average Bonchev–Trinajstić information content (AvgIpc) is 2.75. The minimum atomic E-state index is 0.195. The Labute approximate surface area is 92.0 Å². The summed E-state index contributed by atoms with van der Waals surface area (Å²) in [5.41, 5.74) is 0. The zero-order chi connectivity index (χ0) is 10.8. The van der Waals surface area contributed by atoms with Crippen molar-refractivity contribution in [1.82, 2.24) is 10.6 Å². The Balaban J connectivity index is 1.81. The molecule has 86 valence electrons. The zero-order valence-electron chi connectivity index (χ0n) is 9.75. The van der Waals surface area contributed by atoms with Gasteiger partial charge in [-0.25, -0.2) is 0 Å². The topological polar surface area (TPSA) is 41.1 Å². The van der Waals surface area contributed by atoms with Crippen molar-refractivity contribution < 1.29 is 4.79 Å². The first kappa shape index (κ1) is 10.9. The molecule has 2 N–H and O–H groups in total. The van der Waals surface area contributed by atoms with Gasteiger partial charge in [0.15, 0.2) is 0 Å². The number of carbonyl (C=O) groups excluding carboxylic acids is 1. The number of rotatable bonds is 2. The molecule has 2 rings (SSSR count). The summed E-state index contributed by atoms with van der Waals surface area (Å²) in [5.74, 6) is 1.25. The van der Waals surface area contributed by atoms with Crippen LogP contribution in [0.2, 0.25) is 0 Å². The van der Waals surface area contributed by atoms with Gasteiger partial charge in [-0.15, -0.1) is 0 Å². The smallest absolute Gasteiger partial charge is 0.224 e. The molecule has 1 saturated heterocycles. The Hall–Kier alpha value is -0.570. The van der Waals surface area contributed by atoms with Crippen LogP contribution < -0.4 is 10.6 Å². The molecule has 1 heterocycles. The molecule has 1 aliphatic heterocycles. The quantitative estimate of drug-likeness (QED) is 0.721. The Morgan fingerprint density at radius 1 is 1.27 bits per heavy atom. The van der Waals surface area contributed by atoms with Gasteiger partial charge in [-0.1, -0.05) is 6.92 Å². The molecule has 3 nitrogen and oxygen atoms in total. The molecule has 0 aromatic rings. The number of carbonyl (C=O) groups is 1. The highest BCUT2D eigenvalue weighted by Gasteiger charge is 2.31. The Morgan fingerprint density at radius 2 is 2.07 bits per heavy atom. The van der Waals surface area contributed by atoms with E-state index in [2.05, 4.69) is 24.5 Å². The first-order valence-electron chi connectivity index (χ1n) is 6.20. The Bertz CT molecular complexity index is 242. The van der Waals surface area contributed by atoms with Gasteiger partial charge in [0.25, 0.3) is 0 Å². The number of hydrogen-bond donors (Lipinski definition) is 2. The maximum Gasteiger partial charge on any atom is 0.224 e. The predicted octanol–water partition coefficient (Wildman–Crippen LogP) is 1.29. The first-order chi connectivity index (χ1) is 7.16. The third-order valence-corrected chi connectivity index (χ3v) is 3.90. The second kappa shape index (κ2) is 4.52. The van der Waals surface area contributed by atoms with Crippen molar-refractivity contribution in [1.29, 1.82) is 0 Å². The maximum atomic E-state index is 12.0. The molecular formula is C12H22N2O. The molecule has 15 heavy (non-hydrogen) atoms. The molecule has 0 aromatic heterocycles. The third-order valence-electron chi connectivity index (χ3n) is 3.90. The normalized spacial score (nSPS) is 40.7. The second-order valence-corrected chi connectivity index (χ2v) is 5.26. The third kappa shape index (κ3) is 2.51. The number of nitrogens with one attached hydrogen (secondary N) is 2. The molecule has 1 saturated carbocycles. The lowest BCUT2D eigenvalue weighted by Gasteiger charge is -2.18. The molecule has 0 aromatic carbocycles. The summed E-state index contributed by atoms with van der Waals surface area (Å²) in [7, 11) is 0. The Kier molecular flexibility index (Phi) is 3.29. The lowest BCUT2D eigenvalue weighted by Crippen LogP contribution is -2.41. The van der Waals surface area contributed by atoms with Crippen molar-refractivity contribution in [3.63, 3.8) is 0 Å². The molecule has 3 heteroatoms. The molecule has 1 amide bonds. The largest absolute Gasteiger partial charge is 0.353 e. The van der Waals surface area contributed by atoms with Crippen LogP contribution in [-0.4, -0.2) is 24.5 Å². The van der Waals surface area contributed by atoms with E-state index in [0.29, 0.717) is 12.1 Å². The Morgan fingerprint density at radius 3 is 2.60 bits per heavy atom. The standard InChI is InChI=1S/C12H22N2O/c1-8-3-4-10(7-8)14-12(15)11-5-6-13-9(11)2/h8-11,13H,3-7H2,1-2H3,(H,14,15). The highest BCUT2D eigenvalue weighted by Crippen LogP contribution is 2.25. The fraction of sp³-hybridized carbons (Fsp3) is 0.917. The number of amides is 1. The van der Waals surface area contributed by atoms with Crippen LogP contribution in [0.3, 0.4) is 0 Å². The second-order valence-electron chi connectivity index (χ2n) is 5.26. The molecule has 0 bridgehead atoms. The van der Waals surface area contributed by atoms with E-state index >= 15 is 0 Å². The highest BCUT2D eigenvalue weighted by molar-refractivity contribution is 5.80. The molecule has 4 atom stereocenters. The van der Waals surface area contributed by atoms with E-state index in [9.17, 15) is 4.79 Å². The van der Waals surface area contributed by atoms with Gasteiger partial charge in [-0.3, -0.25) is 4.79 Å². The van der Waals surface area contributed by atoms with Crippen molar-refractivity contribution in [2.24, 2.45) is 11.8 Å². The first-order valence-corrected chi connectivity index (χ1v) is 6.20. The summed E-state index contributed by atoms with van der Waals surface area (Å²) in [6, 6.07) is 0.795. The van der Waals surface area contributed by atoms with E-state index in [1.807, 2.05) is 0 Å². The van der Waals surface area contributed by atoms with Gasteiger partial charge in [-0.2, -0.15) is 0 Å². The predicted molar refractivity (Wildman–Crippen MR) is 60.5 cm³/mol. The summed E-state index contributed by atoms with van der Waals surface area (Å²) < 4.78 is 0. The van der Waals surface area contributed by atoms with Crippen LogP contribution in [0.5, 0.6) is 0 Å². The fourth-order valence-electron chi connectivity index (χ4n) is 2.86. The summed E-state index contributed by atoms with van der Waals surface area (Å²) in [4.78, 5) is 12.0.